The maximum Gasteiger partial charge on any atom is 0.0789 e. The Balaban J connectivity index is -0.000000135. The van der Waals surface area contributed by atoms with E-state index in [1.807, 2.05) is 13.3 Å². The summed E-state index contributed by atoms with van der Waals surface area (Å²) in [5.41, 5.74) is 0. The van der Waals surface area contributed by atoms with Crippen LogP contribution in [0.15, 0.2) is 4.74 Å². The zero-order valence-corrected chi connectivity index (χ0v) is 8.02. The zero-order chi connectivity index (χ0) is 8.04. The summed E-state index contributed by atoms with van der Waals surface area (Å²) in [5.74, 6) is 0. The zero-order valence-electron chi connectivity index (χ0n) is 7.13. The Morgan fingerprint density at radius 1 is 1.08 bits per heavy atom. The third kappa shape index (κ3) is 15.0. The molecule has 0 heterocycles. The Labute approximate surface area is 85.0 Å². The molecule has 0 aliphatic rings. The van der Waals surface area contributed by atoms with Gasteiger partial charge in [-0.3, -0.25) is 4.74 Å². The number of nitrogens with zero attached hydrogens (tertiary/aromatic N) is 1. The fourth-order valence-electron chi connectivity index (χ4n) is 0.402. The third-order valence-corrected chi connectivity index (χ3v) is 2.95. The van der Waals surface area contributed by atoms with Gasteiger partial charge in [0.25, 0.3) is 0 Å². The van der Waals surface area contributed by atoms with Gasteiger partial charge >= 0.3 is 0 Å². The minimum Gasteiger partial charge on any atom is -0.382 e. The van der Waals surface area contributed by atoms with E-state index in [1.165, 1.54) is 0 Å². The molecule has 0 radical (unpaired) electrons. The molecule has 0 bridgehead atoms. The molecular formula is C9H28NO2P. The van der Waals surface area contributed by atoms with E-state index in [-0.39, 0.29) is 22.3 Å². The second-order valence-electron chi connectivity index (χ2n) is 2.32. The van der Waals surface area contributed by atoms with Crippen LogP contribution in [0, 0.1) is 0 Å². The molecule has 0 aliphatic heterocycles. The van der Waals surface area contributed by atoms with Crippen LogP contribution in [0.2, 0.25) is 0 Å². The van der Waals surface area contributed by atoms with Crippen molar-refractivity contribution in [3.05, 3.63) is 0 Å². The molecule has 0 saturated heterocycles. The second kappa shape index (κ2) is 12.2. The smallest absolute Gasteiger partial charge is 0.0789 e. The summed E-state index contributed by atoms with van der Waals surface area (Å²) in [6.07, 6.45) is 0. The summed E-state index contributed by atoms with van der Waals surface area (Å²) in [5, 5.41) is 0. The highest BCUT2D eigenvalue weighted by Gasteiger charge is 2.01. The molecule has 0 atom stereocenters. The molecule has 0 amide bonds. The number of hydrogen-bond acceptors (Lipinski definition) is 3. The molecule has 0 N–H and O–H groups in total. The predicted octanol–water partition coefficient (Wildman–Crippen LogP) is 3.56. The predicted molar refractivity (Wildman–Crippen MR) is 65.1 cm³/mol. The van der Waals surface area contributed by atoms with Crippen LogP contribution in [-0.4, -0.2) is 40.7 Å². The van der Waals surface area contributed by atoms with Gasteiger partial charge in [0, 0.05) is 14.2 Å². The first-order valence-electron chi connectivity index (χ1n) is 3.21. The van der Waals surface area contributed by atoms with Crippen molar-refractivity contribution in [2.75, 3.05) is 40.7 Å². The number of ether oxygens (including phenoxy) is 1. The molecular weight excluding hydrogens is 185 g/mol. The summed E-state index contributed by atoms with van der Waals surface area (Å²) in [7, 11) is 2.05. The Morgan fingerprint density at radius 3 is 1.85 bits per heavy atom. The van der Waals surface area contributed by atoms with Crippen molar-refractivity contribution < 1.29 is 9.26 Å². The molecule has 0 saturated carbocycles. The molecule has 3 nitrogen and oxygen atoms in total. The summed E-state index contributed by atoms with van der Waals surface area (Å²) < 4.78 is 14.4. The van der Waals surface area contributed by atoms with Crippen LogP contribution in [0.1, 0.15) is 22.3 Å². The lowest BCUT2D eigenvalue weighted by molar-refractivity contribution is 0.152. The van der Waals surface area contributed by atoms with Gasteiger partial charge in [0.1, 0.15) is 0 Å². The molecule has 0 aromatic carbocycles. The van der Waals surface area contributed by atoms with Crippen molar-refractivity contribution in [3.63, 3.8) is 0 Å². The highest BCUT2D eigenvalue weighted by atomic mass is 31.2. The van der Waals surface area contributed by atoms with Gasteiger partial charge in [-0.2, -0.15) is 0 Å². The van der Waals surface area contributed by atoms with E-state index in [1.54, 1.807) is 14.2 Å². The first kappa shape index (κ1) is 23.2. The Kier molecular flexibility index (Phi) is 21.7. The van der Waals surface area contributed by atoms with E-state index in [9.17, 15) is 0 Å². The van der Waals surface area contributed by atoms with Gasteiger partial charge in [-0.25, -0.2) is 0 Å². The Morgan fingerprint density at radius 2 is 1.54 bits per heavy atom. The van der Waals surface area contributed by atoms with Crippen LogP contribution >= 0.6 is 7.28 Å². The van der Waals surface area contributed by atoms with Crippen LogP contribution in [0.4, 0.5) is 0 Å². The van der Waals surface area contributed by atoms with E-state index >= 15 is 0 Å². The summed E-state index contributed by atoms with van der Waals surface area (Å²) in [6, 6.07) is 0. The molecule has 0 fully saturated rings. The van der Waals surface area contributed by atoms with Gasteiger partial charge in [-0.15, -0.1) is 0 Å². The first-order valence-corrected chi connectivity index (χ1v) is 5.76. The first-order chi connectivity index (χ1) is 4.62. The molecule has 0 aliphatic carbocycles. The molecule has 0 aromatic heterocycles. The summed E-state index contributed by atoms with van der Waals surface area (Å²) in [4.78, 5) is 0. The maximum atomic E-state index is 5.44. The van der Waals surface area contributed by atoms with E-state index in [0.29, 0.717) is 13.2 Å². The topological polar surface area (TPSA) is 30.8 Å². The van der Waals surface area contributed by atoms with Crippen molar-refractivity contribution in [1.29, 1.82) is 0 Å². The van der Waals surface area contributed by atoms with E-state index in [0.717, 1.165) is 0 Å². The van der Waals surface area contributed by atoms with Gasteiger partial charge in [0.15, 0.2) is 0 Å². The highest BCUT2D eigenvalue weighted by molar-refractivity contribution is 7.59. The van der Waals surface area contributed by atoms with Crippen molar-refractivity contribution in [2.24, 2.45) is 4.74 Å². The van der Waals surface area contributed by atoms with Gasteiger partial charge in [-0.05, 0) is 13.3 Å². The summed E-state index contributed by atoms with van der Waals surface area (Å²) in [6.45, 7) is 5.36. The monoisotopic (exact) mass is 213 g/mol. The van der Waals surface area contributed by atoms with Crippen LogP contribution in [0.3, 0.4) is 0 Å². The Hall–Kier alpha value is 0.150. The lowest BCUT2D eigenvalue weighted by Crippen LogP contribution is -1.98. The number of hydrogen-bond donors (Lipinski definition) is 0. The van der Waals surface area contributed by atoms with Crippen LogP contribution in [0.25, 0.3) is 0 Å². The van der Waals surface area contributed by atoms with E-state index in [4.69, 9.17) is 9.26 Å². The molecule has 86 valence electrons. The standard InChI is InChI=1S/C6H16NO2P.3CH4/c1-7-10(3,4)9-6-5-8-2;;;/h5-6H2,1-4H3;3*1H4. The van der Waals surface area contributed by atoms with E-state index in [2.05, 4.69) is 4.74 Å². The molecule has 0 rings (SSSR count). The van der Waals surface area contributed by atoms with Gasteiger partial charge in [0.2, 0.25) is 0 Å². The molecule has 4 heteroatoms. The normalized spacial score (nSPS) is 8.92. The fraction of sp³-hybridized carbons (Fsp3) is 1.00. The highest BCUT2D eigenvalue weighted by Crippen LogP contribution is 2.40. The minimum atomic E-state index is -1.41. The fourth-order valence-corrected chi connectivity index (χ4v) is 1.04. The van der Waals surface area contributed by atoms with Crippen LogP contribution < -0.4 is 0 Å². The maximum absolute atomic E-state index is 5.44. The van der Waals surface area contributed by atoms with E-state index < -0.39 is 7.28 Å². The van der Waals surface area contributed by atoms with Gasteiger partial charge in [-0.1, -0.05) is 22.3 Å². The minimum absolute atomic E-state index is 0. The summed E-state index contributed by atoms with van der Waals surface area (Å²) >= 11 is 0. The molecule has 0 spiro atoms. The lowest BCUT2D eigenvalue weighted by atomic mass is 10.8. The van der Waals surface area contributed by atoms with Crippen molar-refractivity contribution in [3.8, 4) is 0 Å². The van der Waals surface area contributed by atoms with Crippen molar-refractivity contribution >= 4 is 7.28 Å². The lowest BCUT2D eigenvalue weighted by Gasteiger charge is -2.12. The van der Waals surface area contributed by atoms with Gasteiger partial charge in [0.05, 0.1) is 20.5 Å². The van der Waals surface area contributed by atoms with Crippen molar-refractivity contribution in [1.82, 2.24) is 0 Å². The van der Waals surface area contributed by atoms with Gasteiger partial charge < -0.3 is 9.26 Å². The second-order valence-corrected chi connectivity index (χ2v) is 5.57. The molecule has 0 unspecified atom stereocenters. The Bertz CT molecular complexity index is 132. The molecule has 13 heavy (non-hydrogen) atoms. The third-order valence-electron chi connectivity index (χ3n) is 1.18. The average Bonchev–Trinajstić information content (AvgIpc) is 1.89. The molecule has 0 aromatic rings. The average molecular weight is 213 g/mol. The van der Waals surface area contributed by atoms with Crippen LogP contribution in [-0.2, 0) is 9.26 Å². The SMILES string of the molecule is C.C.C.CN=P(C)(C)OCCOC. The number of methoxy groups -OCH3 is 1. The quantitative estimate of drug-likeness (QED) is 0.528. The van der Waals surface area contributed by atoms with Crippen molar-refractivity contribution in [2.45, 2.75) is 22.3 Å². The largest absolute Gasteiger partial charge is 0.382 e. The number of rotatable bonds is 4. The van der Waals surface area contributed by atoms with Crippen LogP contribution in [0.5, 0.6) is 0 Å².